The van der Waals surface area contributed by atoms with Gasteiger partial charge in [-0.1, -0.05) is 97.9 Å². The Morgan fingerprint density at radius 2 is 1.24 bits per heavy atom. The highest BCUT2D eigenvalue weighted by Crippen LogP contribution is 2.39. The fraction of sp³-hybridized carbons (Fsp3) is 0.312. The SMILES string of the molecule is CC[C@H]1O[C@@H](c2cnc(OCc3ccccc3)c(C)n2)[C@@H](OCc2ccccc2)C1OCc1ccccc1. The monoisotopic (exact) mass is 510 g/mol. The van der Waals surface area contributed by atoms with Crippen LogP contribution >= 0.6 is 0 Å². The highest BCUT2D eigenvalue weighted by Gasteiger charge is 2.47. The number of nitrogens with zero attached hydrogens (tertiary/aromatic N) is 2. The quantitative estimate of drug-likeness (QED) is 0.233. The molecule has 0 amide bonds. The predicted molar refractivity (Wildman–Crippen MR) is 145 cm³/mol. The lowest BCUT2D eigenvalue weighted by Crippen LogP contribution is -2.35. The van der Waals surface area contributed by atoms with Crippen LogP contribution in [0.1, 0.15) is 47.5 Å². The molecule has 6 heteroatoms. The molecule has 5 rings (SSSR count). The first-order valence-corrected chi connectivity index (χ1v) is 13.2. The van der Waals surface area contributed by atoms with Gasteiger partial charge >= 0.3 is 0 Å². The van der Waals surface area contributed by atoms with E-state index >= 15 is 0 Å². The Balaban J connectivity index is 1.35. The lowest BCUT2D eigenvalue weighted by Gasteiger charge is -2.25. The Kier molecular flexibility index (Phi) is 8.76. The molecule has 3 aromatic carbocycles. The molecule has 196 valence electrons. The van der Waals surface area contributed by atoms with Gasteiger partial charge in [-0.3, -0.25) is 0 Å². The number of aromatic nitrogens is 2. The van der Waals surface area contributed by atoms with Gasteiger partial charge in [-0.2, -0.15) is 0 Å². The Bertz CT molecular complexity index is 1270. The second-order valence-corrected chi connectivity index (χ2v) is 9.49. The van der Waals surface area contributed by atoms with Gasteiger partial charge in [0.25, 0.3) is 0 Å². The molecule has 1 aliphatic heterocycles. The summed E-state index contributed by atoms with van der Waals surface area (Å²) in [5.41, 5.74) is 4.72. The van der Waals surface area contributed by atoms with E-state index in [4.69, 9.17) is 23.9 Å². The zero-order valence-electron chi connectivity index (χ0n) is 21.9. The number of hydrogen-bond acceptors (Lipinski definition) is 6. The minimum Gasteiger partial charge on any atom is -0.472 e. The average molecular weight is 511 g/mol. The van der Waals surface area contributed by atoms with Gasteiger partial charge in [-0.25, -0.2) is 9.97 Å². The molecule has 38 heavy (non-hydrogen) atoms. The van der Waals surface area contributed by atoms with Crippen molar-refractivity contribution in [3.63, 3.8) is 0 Å². The molecular weight excluding hydrogens is 476 g/mol. The summed E-state index contributed by atoms with van der Waals surface area (Å²) in [5.74, 6) is 0.515. The summed E-state index contributed by atoms with van der Waals surface area (Å²) in [6, 6.07) is 30.4. The zero-order chi connectivity index (χ0) is 26.2. The predicted octanol–water partition coefficient (Wildman–Crippen LogP) is 6.38. The fourth-order valence-corrected chi connectivity index (χ4v) is 4.70. The third-order valence-corrected chi connectivity index (χ3v) is 6.71. The summed E-state index contributed by atoms with van der Waals surface area (Å²) < 4.78 is 25.5. The van der Waals surface area contributed by atoms with Crippen molar-refractivity contribution in [1.82, 2.24) is 9.97 Å². The molecule has 2 heterocycles. The van der Waals surface area contributed by atoms with Crippen LogP contribution in [0.2, 0.25) is 0 Å². The summed E-state index contributed by atoms with van der Waals surface area (Å²) in [6.45, 7) is 5.40. The van der Waals surface area contributed by atoms with Crippen LogP contribution in [0, 0.1) is 6.92 Å². The van der Waals surface area contributed by atoms with E-state index in [0.29, 0.717) is 31.4 Å². The lowest BCUT2D eigenvalue weighted by molar-refractivity contribution is -0.0798. The lowest BCUT2D eigenvalue weighted by atomic mass is 10.0. The van der Waals surface area contributed by atoms with Crippen LogP contribution in [0.3, 0.4) is 0 Å². The number of benzene rings is 3. The van der Waals surface area contributed by atoms with E-state index in [0.717, 1.165) is 28.8 Å². The van der Waals surface area contributed by atoms with Crippen molar-refractivity contribution < 1.29 is 18.9 Å². The average Bonchev–Trinajstić information content (AvgIpc) is 3.33. The minimum atomic E-state index is -0.404. The van der Waals surface area contributed by atoms with Crippen LogP contribution in [0.25, 0.3) is 0 Å². The van der Waals surface area contributed by atoms with Crippen molar-refractivity contribution in [2.75, 3.05) is 0 Å². The van der Waals surface area contributed by atoms with Crippen molar-refractivity contribution in [3.8, 4) is 5.88 Å². The molecule has 0 aliphatic carbocycles. The van der Waals surface area contributed by atoms with E-state index in [-0.39, 0.29) is 18.3 Å². The first-order valence-electron chi connectivity index (χ1n) is 13.2. The standard InChI is InChI=1S/C32H34N2O4/c1-3-28-30(35-20-24-13-7-4-8-14-24)31(36-21-25-15-9-5-10-16-25)29(38-28)27-19-33-32(23(2)34-27)37-22-26-17-11-6-12-18-26/h4-19,28-31H,3,20-22H2,1-2H3/t28-,29+,30?,31-/m1/s1. The summed E-state index contributed by atoms with van der Waals surface area (Å²) in [4.78, 5) is 9.45. The van der Waals surface area contributed by atoms with E-state index in [1.165, 1.54) is 0 Å². The Labute approximate surface area is 224 Å². The third kappa shape index (κ3) is 6.45. The highest BCUT2D eigenvalue weighted by molar-refractivity contribution is 5.23. The molecular formula is C32H34N2O4. The molecule has 4 aromatic rings. The van der Waals surface area contributed by atoms with Gasteiger partial charge in [0.15, 0.2) is 0 Å². The maximum atomic E-state index is 6.53. The van der Waals surface area contributed by atoms with Crippen molar-refractivity contribution in [2.24, 2.45) is 0 Å². The summed E-state index contributed by atoms with van der Waals surface area (Å²) in [6.07, 6.45) is 1.42. The Hall–Kier alpha value is -3.58. The molecule has 1 saturated heterocycles. The molecule has 1 fully saturated rings. The molecule has 0 spiro atoms. The van der Waals surface area contributed by atoms with Crippen LogP contribution in [0.4, 0.5) is 0 Å². The molecule has 1 aromatic heterocycles. The van der Waals surface area contributed by atoms with Gasteiger partial charge in [-0.05, 0) is 30.0 Å². The van der Waals surface area contributed by atoms with Crippen molar-refractivity contribution in [3.05, 3.63) is 125 Å². The van der Waals surface area contributed by atoms with Crippen LogP contribution in [0.15, 0.2) is 97.2 Å². The van der Waals surface area contributed by atoms with Crippen LogP contribution in [-0.2, 0) is 34.0 Å². The number of rotatable bonds is 11. The summed E-state index contributed by atoms with van der Waals surface area (Å²) >= 11 is 0. The number of aryl methyl sites for hydroxylation is 1. The molecule has 0 bridgehead atoms. The van der Waals surface area contributed by atoms with Gasteiger partial charge in [-0.15, -0.1) is 0 Å². The molecule has 4 atom stereocenters. The topological polar surface area (TPSA) is 62.7 Å². The minimum absolute atomic E-state index is 0.124. The third-order valence-electron chi connectivity index (χ3n) is 6.71. The second-order valence-electron chi connectivity index (χ2n) is 9.49. The zero-order valence-corrected chi connectivity index (χ0v) is 21.9. The van der Waals surface area contributed by atoms with Crippen molar-refractivity contribution in [1.29, 1.82) is 0 Å². The number of ether oxygens (including phenoxy) is 4. The number of hydrogen-bond donors (Lipinski definition) is 0. The first kappa shape index (κ1) is 26.0. The Morgan fingerprint density at radius 1 is 0.711 bits per heavy atom. The van der Waals surface area contributed by atoms with Gasteiger partial charge in [0, 0.05) is 0 Å². The maximum Gasteiger partial charge on any atom is 0.235 e. The van der Waals surface area contributed by atoms with E-state index in [9.17, 15) is 0 Å². The Morgan fingerprint density at radius 3 is 1.76 bits per heavy atom. The van der Waals surface area contributed by atoms with Crippen LogP contribution in [-0.4, -0.2) is 28.3 Å². The van der Waals surface area contributed by atoms with Crippen LogP contribution < -0.4 is 4.74 Å². The van der Waals surface area contributed by atoms with E-state index < -0.39 is 6.10 Å². The van der Waals surface area contributed by atoms with Crippen molar-refractivity contribution >= 4 is 0 Å². The van der Waals surface area contributed by atoms with Gasteiger partial charge in [0.05, 0.1) is 36.9 Å². The van der Waals surface area contributed by atoms with Gasteiger partial charge in [0.1, 0.15) is 24.9 Å². The first-order chi connectivity index (χ1) is 18.7. The molecule has 1 unspecified atom stereocenters. The smallest absolute Gasteiger partial charge is 0.235 e. The maximum absolute atomic E-state index is 6.53. The molecule has 0 saturated carbocycles. The van der Waals surface area contributed by atoms with E-state index in [2.05, 4.69) is 36.2 Å². The molecule has 0 N–H and O–H groups in total. The van der Waals surface area contributed by atoms with Gasteiger partial charge < -0.3 is 18.9 Å². The normalized spacial score (nSPS) is 20.9. The molecule has 6 nitrogen and oxygen atoms in total. The van der Waals surface area contributed by atoms with Crippen LogP contribution in [0.5, 0.6) is 5.88 Å². The summed E-state index contributed by atoms with van der Waals surface area (Å²) in [7, 11) is 0. The second kappa shape index (κ2) is 12.8. The largest absolute Gasteiger partial charge is 0.472 e. The molecule has 1 aliphatic rings. The van der Waals surface area contributed by atoms with Gasteiger partial charge in [0.2, 0.25) is 5.88 Å². The summed E-state index contributed by atoms with van der Waals surface area (Å²) in [5, 5.41) is 0. The van der Waals surface area contributed by atoms with E-state index in [1.807, 2.05) is 73.7 Å². The highest BCUT2D eigenvalue weighted by atomic mass is 16.6. The van der Waals surface area contributed by atoms with E-state index in [1.54, 1.807) is 6.20 Å². The van der Waals surface area contributed by atoms with Crippen molar-refractivity contribution in [2.45, 2.75) is 64.5 Å². The molecule has 0 radical (unpaired) electrons. The fourth-order valence-electron chi connectivity index (χ4n) is 4.70.